The third kappa shape index (κ3) is 31.6. The fraction of sp³-hybridized carbons (Fsp3) is 0.892. The molecule has 42 heavy (non-hydrogen) atoms. The van der Waals surface area contributed by atoms with Crippen LogP contribution in [0.1, 0.15) is 194 Å². The summed E-state index contributed by atoms with van der Waals surface area (Å²) >= 11 is 0. The van der Waals surface area contributed by atoms with E-state index in [1.54, 1.807) is 0 Å². The minimum absolute atomic E-state index is 0.0636. The van der Waals surface area contributed by atoms with E-state index in [0.29, 0.717) is 12.8 Å². The molecule has 0 aromatic carbocycles. The van der Waals surface area contributed by atoms with Crippen LogP contribution in [0, 0.1) is 0 Å². The summed E-state index contributed by atoms with van der Waals surface area (Å²) in [5.41, 5.74) is 0. The van der Waals surface area contributed by atoms with Crippen molar-refractivity contribution in [3.8, 4) is 0 Å². The van der Waals surface area contributed by atoms with Gasteiger partial charge in [0.25, 0.3) is 0 Å². The van der Waals surface area contributed by atoms with Gasteiger partial charge in [0, 0.05) is 12.8 Å². The summed E-state index contributed by atoms with van der Waals surface area (Å²) in [6.07, 6.45) is 36.9. The lowest BCUT2D eigenvalue weighted by atomic mass is 10.0. The van der Waals surface area contributed by atoms with Crippen LogP contribution in [-0.4, -0.2) is 36.4 Å². The minimum atomic E-state index is -0.767. The molecule has 1 N–H and O–H groups in total. The molecule has 0 aromatic heterocycles. The number of carbonyl (C=O) groups excluding carboxylic acids is 2. The van der Waals surface area contributed by atoms with Gasteiger partial charge < -0.3 is 14.6 Å². The number of ether oxygens (including phenoxy) is 2. The monoisotopic (exact) mass is 595 g/mol. The summed E-state index contributed by atoms with van der Waals surface area (Å²) in [4.78, 5) is 24.1. The molecule has 0 aromatic rings. The van der Waals surface area contributed by atoms with E-state index >= 15 is 0 Å². The number of carbonyl (C=O) groups is 2. The largest absolute Gasteiger partial charge is 0.462 e. The number of hydrogen-bond acceptors (Lipinski definition) is 5. The fourth-order valence-electron chi connectivity index (χ4n) is 5.25. The molecule has 0 unspecified atom stereocenters. The Morgan fingerprint density at radius 3 is 1.33 bits per heavy atom. The standard InChI is InChI=1S/C37H70O5/c1-3-5-7-9-11-13-15-17-18-19-20-22-23-25-27-29-31-36(39)41-34-35(33-38)42-37(40)32-30-28-26-24-21-16-14-12-10-8-6-4-2/h12,14,35,38H,3-11,13,15-34H2,1-2H3/b14-12+/t35-/m0/s1. The maximum absolute atomic E-state index is 12.1. The Labute approximate surface area is 261 Å². The van der Waals surface area contributed by atoms with Gasteiger partial charge in [-0.25, -0.2) is 0 Å². The minimum Gasteiger partial charge on any atom is -0.462 e. The van der Waals surface area contributed by atoms with Crippen molar-refractivity contribution in [2.75, 3.05) is 13.2 Å². The van der Waals surface area contributed by atoms with E-state index in [0.717, 1.165) is 44.9 Å². The van der Waals surface area contributed by atoms with Gasteiger partial charge in [-0.05, 0) is 38.5 Å². The molecule has 5 nitrogen and oxygen atoms in total. The van der Waals surface area contributed by atoms with E-state index in [1.165, 1.54) is 122 Å². The predicted octanol–water partition coefficient (Wildman–Crippen LogP) is 11.0. The number of aliphatic hydroxyl groups excluding tert-OH is 1. The normalized spacial score (nSPS) is 12.2. The number of allylic oxidation sites excluding steroid dienone is 2. The number of unbranched alkanes of at least 4 members (excludes halogenated alkanes) is 23. The van der Waals surface area contributed by atoms with E-state index in [1.807, 2.05) is 0 Å². The van der Waals surface area contributed by atoms with Gasteiger partial charge in [0.15, 0.2) is 6.10 Å². The molecule has 0 spiro atoms. The highest BCUT2D eigenvalue weighted by molar-refractivity contribution is 5.70. The third-order valence-corrected chi connectivity index (χ3v) is 8.06. The summed E-state index contributed by atoms with van der Waals surface area (Å²) < 4.78 is 10.6. The van der Waals surface area contributed by atoms with Crippen LogP contribution in [0.2, 0.25) is 0 Å². The highest BCUT2D eigenvalue weighted by Gasteiger charge is 2.16. The quantitative estimate of drug-likeness (QED) is 0.0465. The fourth-order valence-corrected chi connectivity index (χ4v) is 5.25. The number of rotatable bonds is 33. The Hall–Kier alpha value is -1.36. The highest BCUT2D eigenvalue weighted by Crippen LogP contribution is 2.14. The molecule has 0 saturated carbocycles. The van der Waals surface area contributed by atoms with Crippen molar-refractivity contribution in [1.82, 2.24) is 0 Å². The SMILES string of the molecule is CCCCC/C=C/CCCCCCCC(=O)O[C@@H](CO)COC(=O)CCCCCCCCCCCCCCCCCC. The van der Waals surface area contributed by atoms with Crippen LogP contribution in [-0.2, 0) is 19.1 Å². The van der Waals surface area contributed by atoms with Crippen molar-refractivity contribution in [3.05, 3.63) is 12.2 Å². The zero-order valence-corrected chi connectivity index (χ0v) is 28.0. The average molecular weight is 595 g/mol. The van der Waals surface area contributed by atoms with Gasteiger partial charge in [0.2, 0.25) is 0 Å². The summed E-state index contributed by atoms with van der Waals surface area (Å²) in [6, 6.07) is 0. The zero-order valence-electron chi connectivity index (χ0n) is 28.0. The molecular formula is C37H70O5. The lowest BCUT2D eigenvalue weighted by Crippen LogP contribution is -2.28. The summed E-state index contributed by atoms with van der Waals surface area (Å²) in [6.45, 7) is 4.11. The summed E-state index contributed by atoms with van der Waals surface area (Å²) in [7, 11) is 0. The molecule has 0 radical (unpaired) electrons. The van der Waals surface area contributed by atoms with E-state index in [-0.39, 0.29) is 25.2 Å². The summed E-state index contributed by atoms with van der Waals surface area (Å²) in [5.74, 6) is -0.594. The van der Waals surface area contributed by atoms with Gasteiger partial charge in [0.1, 0.15) is 6.61 Å². The van der Waals surface area contributed by atoms with E-state index < -0.39 is 6.10 Å². The first-order chi connectivity index (χ1) is 20.6. The number of esters is 2. The Balaban J connectivity index is 3.53. The molecule has 5 heteroatoms. The van der Waals surface area contributed by atoms with Crippen molar-refractivity contribution in [2.45, 2.75) is 200 Å². The molecule has 0 aliphatic carbocycles. The highest BCUT2D eigenvalue weighted by atomic mass is 16.6. The molecule has 1 atom stereocenters. The second-order valence-electron chi connectivity index (χ2n) is 12.3. The maximum Gasteiger partial charge on any atom is 0.306 e. The van der Waals surface area contributed by atoms with E-state index in [9.17, 15) is 14.7 Å². The third-order valence-electron chi connectivity index (χ3n) is 8.06. The Kier molecular flexibility index (Phi) is 33.0. The molecule has 0 rings (SSSR count). The predicted molar refractivity (Wildman–Crippen MR) is 178 cm³/mol. The summed E-state index contributed by atoms with van der Waals surface area (Å²) in [5, 5.41) is 9.51. The van der Waals surface area contributed by atoms with Gasteiger partial charge in [-0.1, -0.05) is 154 Å². The molecular weight excluding hydrogens is 524 g/mol. The van der Waals surface area contributed by atoms with Crippen molar-refractivity contribution < 1.29 is 24.2 Å². The van der Waals surface area contributed by atoms with Crippen LogP contribution in [0.4, 0.5) is 0 Å². The van der Waals surface area contributed by atoms with E-state index in [4.69, 9.17) is 9.47 Å². The van der Waals surface area contributed by atoms with Gasteiger partial charge >= 0.3 is 11.9 Å². The van der Waals surface area contributed by atoms with Crippen molar-refractivity contribution in [3.63, 3.8) is 0 Å². The van der Waals surface area contributed by atoms with Crippen LogP contribution in [0.25, 0.3) is 0 Å². The maximum atomic E-state index is 12.1. The topological polar surface area (TPSA) is 72.8 Å². The zero-order chi connectivity index (χ0) is 30.8. The average Bonchev–Trinajstić information content (AvgIpc) is 2.99. The molecule has 0 aliphatic heterocycles. The van der Waals surface area contributed by atoms with Crippen LogP contribution < -0.4 is 0 Å². The first kappa shape index (κ1) is 40.6. The molecule has 0 bridgehead atoms. The van der Waals surface area contributed by atoms with Gasteiger partial charge in [0.05, 0.1) is 6.61 Å². The number of aliphatic hydroxyl groups is 1. The molecule has 0 fully saturated rings. The first-order valence-electron chi connectivity index (χ1n) is 18.2. The van der Waals surface area contributed by atoms with Crippen molar-refractivity contribution in [2.24, 2.45) is 0 Å². The lowest BCUT2D eigenvalue weighted by molar-refractivity contribution is -0.161. The van der Waals surface area contributed by atoms with Crippen LogP contribution >= 0.6 is 0 Å². The smallest absolute Gasteiger partial charge is 0.306 e. The Bertz CT molecular complexity index is 603. The number of hydrogen-bond donors (Lipinski definition) is 1. The van der Waals surface area contributed by atoms with Gasteiger partial charge in [-0.15, -0.1) is 0 Å². The van der Waals surface area contributed by atoms with Crippen LogP contribution in [0.5, 0.6) is 0 Å². The van der Waals surface area contributed by atoms with Crippen LogP contribution in [0.3, 0.4) is 0 Å². The van der Waals surface area contributed by atoms with E-state index in [2.05, 4.69) is 26.0 Å². The van der Waals surface area contributed by atoms with Crippen LogP contribution in [0.15, 0.2) is 12.2 Å². The molecule has 0 heterocycles. The lowest BCUT2D eigenvalue weighted by Gasteiger charge is -2.15. The molecule has 0 amide bonds. The second kappa shape index (κ2) is 34.1. The Morgan fingerprint density at radius 1 is 0.524 bits per heavy atom. The molecule has 0 saturated heterocycles. The first-order valence-corrected chi connectivity index (χ1v) is 18.2. The second-order valence-corrected chi connectivity index (χ2v) is 12.3. The van der Waals surface area contributed by atoms with Gasteiger partial charge in [-0.2, -0.15) is 0 Å². The van der Waals surface area contributed by atoms with Crippen molar-refractivity contribution in [1.29, 1.82) is 0 Å². The van der Waals surface area contributed by atoms with Gasteiger partial charge in [-0.3, -0.25) is 9.59 Å². The van der Waals surface area contributed by atoms with Crippen molar-refractivity contribution >= 4 is 11.9 Å². The molecule has 248 valence electrons. The Morgan fingerprint density at radius 2 is 0.881 bits per heavy atom. The molecule has 0 aliphatic rings.